The number of phenols is 1. The van der Waals surface area contributed by atoms with Crippen molar-refractivity contribution >= 4 is 34.6 Å². The number of phenolic OH excluding ortho intramolecular Hbond substituents is 1. The fraction of sp³-hybridized carbons (Fsp3) is 0.421. The van der Waals surface area contributed by atoms with Crippen molar-refractivity contribution in [3.8, 4) is 17.0 Å². The average molecular weight is 482 g/mol. The largest absolute Gasteiger partial charge is 0.507 e. The van der Waals surface area contributed by atoms with E-state index in [9.17, 15) is 9.90 Å². The molecule has 1 fully saturated rings. The van der Waals surface area contributed by atoms with Crippen LogP contribution in [-0.4, -0.2) is 57.8 Å². The first-order valence-corrected chi connectivity index (χ1v) is 9.85. The van der Waals surface area contributed by atoms with Gasteiger partial charge in [0.15, 0.2) is 0 Å². The predicted molar refractivity (Wildman–Crippen MR) is 112 cm³/mol. The summed E-state index contributed by atoms with van der Waals surface area (Å²) in [6.07, 6.45) is 1.40. The topological polar surface area (TPSA) is 78.8 Å². The molecule has 0 aliphatic carbocycles. The second kappa shape index (κ2) is 7.87. The van der Waals surface area contributed by atoms with Crippen LogP contribution in [0.3, 0.4) is 0 Å². The Morgan fingerprint density at radius 3 is 2.56 bits per heavy atom. The lowest BCUT2D eigenvalue weighted by atomic mass is 10.1. The summed E-state index contributed by atoms with van der Waals surface area (Å²) in [5, 5.41) is 10.1. The average Bonchev–Trinajstić information content (AvgIpc) is 2.62. The van der Waals surface area contributed by atoms with E-state index in [4.69, 9.17) is 4.74 Å². The third-order valence-corrected chi connectivity index (χ3v) is 4.76. The van der Waals surface area contributed by atoms with Gasteiger partial charge in [-0.05, 0) is 67.6 Å². The summed E-state index contributed by atoms with van der Waals surface area (Å²) in [7, 11) is 0. The molecular weight excluding hydrogens is 459 g/mol. The van der Waals surface area contributed by atoms with Gasteiger partial charge in [0.25, 0.3) is 0 Å². The molecule has 1 N–H and O–H groups in total. The van der Waals surface area contributed by atoms with Crippen molar-refractivity contribution in [3.05, 3.63) is 34.0 Å². The van der Waals surface area contributed by atoms with Crippen molar-refractivity contribution in [1.29, 1.82) is 0 Å². The standard InChI is InChI=1S/C19H23IN4O3/c1-19(2,3)27-18(26)24-10-8-23(9-11-24)17-21-7-6-15(22-17)14-12-13(20)4-5-16(14)25/h4-7,12,25H,8-11H2,1-3H3. The number of halogens is 1. The minimum absolute atomic E-state index is 0.190. The van der Waals surface area contributed by atoms with Crippen LogP contribution in [0.2, 0.25) is 0 Å². The first-order chi connectivity index (χ1) is 12.7. The van der Waals surface area contributed by atoms with Crippen molar-refractivity contribution in [3.63, 3.8) is 0 Å². The highest BCUT2D eigenvalue weighted by atomic mass is 127. The molecule has 0 radical (unpaired) electrons. The molecule has 0 spiro atoms. The molecule has 2 aromatic rings. The molecule has 0 bridgehead atoms. The molecule has 0 atom stereocenters. The molecule has 3 rings (SSSR count). The summed E-state index contributed by atoms with van der Waals surface area (Å²) < 4.78 is 6.45. The first kappa shape index (κ1) is 19.7. The van der Waals surface area contributed by atoms with Crippen LogP contribution in [0.1, 0.15) is 20.8 Å². The molecule has 1 aromatic heterocycles. The van der Waals surface area contributed by atoms with Crippen molar-refractivity contribution in [2.75, 3.05) is 31.1 Å². The third-order valence-electron chi connectivity index (χ3n) is 4.09. The maximum Gasteiger partial charge on any atom is 0.410 e. The smallest absolute Gasteiger partial charge is 0.410 e. The zero-order chi connectivity index (χ0) is 19.6. The highest BCUT2D eigenvalue weighted by Gasteiger charge is 2.26. The summed E-state index contributed by atoms with van der Waals surface area (Å²) in [6.45, 7) is 7.94. The van der Waals surface area contributed by atoms with Gasteiger partial charge in [-0.25, -0.2) is 14.8 Å². The highest BCUT2D eigenvalue weighted by molar-refractivity contribution is 14.1. The lowest BCUT2D eigenvalue weighted by molar-refractivity contribution is 0.0240. The Morgan fingerprint density at radius 2 is 1.89 bits per heavy atom. The van der Waals surface area contributed by atoms with E-state index >= 15 is 0 Å². The third kappa shape index (κ3) is 5.00. The Bertz CT molecular complexity index is 830. The summed E-state index contributed by atoms with van der Waals surface area (Å²) >= 11 is 2.20. The van der Waals surface area contributed by atoms with Crippen molar-refractivity contribution in [2.45, 2.75) is 26.4 Å². The summed E-state index contributed by atoms with van der Waals surface area (Å²) in [5.41, 5.74) is 0.851. The number of aromatic hydroxyl groups is 1. The molecule has 1 saturated heterocycles. The Hall–Kier alpha value is -2.10. The van der Waals surface area contributed by atoms with Crippen LogP contribution in [-0.2, 0) is 4.74 Å². The number of carbonyl (C=O) groups excluding carboxylic acids is 1. The van der Waals surface area contributed by atoms with E-state index in [-0.39, 0.29) is 11.8 Å². The lowest BCUT2D eigenvalue weighted by Crippen LogP contribution is -2.50. The number of hydrogen-bond donors (Lipinski definition) is 1. The molecule has 0 unspecified atom stereocenters. The molecule has 7 nitrogen and oxygen atoms in total. The number of piperazine rings is 1. The molecule has 1 aromatic carbocycles. The summed E-state index contributed by atoms with van der Waals surface area (Å²) in [5.74, 6) is 0.782. The van der Waals surface area contributed by atoms with Crippen molar-refractivity contribution < 1.29 is 14.6 Å². The van der Waals surface area contributed by atoms with Crippen LogP contribution in [0.4, 0.5) is 10.7 Å². The predicted octanol–water partition coefficient (Wildman–Crippen LogP) is 3.51. The number of nitrogens with zero attached hydrogens (tertiary/aromatic N) is 4. The minimum Gasteiger partial charge on any atom is -0.507 e. The fourth-order valence-corrected chi connectivity index (χ4v) is 3.27. The van der Waals surface area contributed by atoms with Gasteiger partial charge in [0.1, 0.15) is 11.4 Å². The molecule has 2 heterocycles. The lowest BCUT2D eigenvalue weighted by Gasteiger charge is -2.35. The van der Waals surface area contributed by atoms with E-state index in [1.165, 1.54) is 0 Å². The molecule has 27 heavy (non-hydrogen) atoms. The number of benzene rings is 1. The Kier molecular flexibility index (Phi) is 5.73. The number of amides is 1. The second-order valence-electron chi connectivity index (χ2n) is 7.36. The molecule has 1 aliphatic rings. The van der Waals surface area contributed by atoms with Crippen LogP contribution < -0.4 is 4.90 Å². The maximum absolute atomic E-state index is 12.2. The number of hydrogen-bond acceptors (Lipinski definition) is 6. The van der Waals surface area contributed by atoms with Crippen LogP contribution >= 0.6 is 22.6 Å². The molecule has 0 saturated carbocycles. The monoisotopic (exact) mass is 482 g/mol. The Balaban J connectivity index is 1.70. The van der Waals surface area contributed by atoms with E-state index < -0.39 is 5.60 Å². The van der Waals surface area contributed by atoms with Gasteiger partial charge >= 0.3 is 6.09 Å². The maximum atomic E-state index is 12.2. The zero-order valence-electron chi connectivity index (χ0n) is 15.6. The number of aromatic nitrogens is 2. The summed E-state index contributed by atoms with van der Waals surface area (Å²) in [4.78, 5) is 24.9. The van der Waals surface area contributed by atoms with Crippen LogP contribution in [0.25, 0.3) is 11.3 Å². The van der Waals surface area contributed by atoms with E-state index in [0.29, 0.717) is 43.4 Å². The van der Waals surface area contributed by atoms with Gasteiger partial charge < -0.3 is 19.6 Å². The van der Waals surface area contributed by atoms with E-state index in [1.807, 2.05) is 37.8 Å². The molecule has 144 valence electrons. The van der Waals surface area contributed by atoms with Crippen LogP contribution in [0.15, 0.2) is 30.5 Å². The van der Waals surface area contributed by atoms with Gasteiger partial charge in [-0.3, -0.25) is 0 Å². The van der Waals surface area contributed by atoms with E-state index in [0.717, 1.165) is 3.57 Å². The fourth-order valence-electron chi connectivity index (χ4n) is 2.78. The Morgan fingerprint density at radius 1 is 1.19 bits per heavy atom. The van der Waals surface area contributed by atoms with Crippen molar-refractivity contribution in [1.82, 2.24) is 14.9 Å². The second-order valence-corrected chi connectivity index (χ2v) is 8.60. The highest BCUT2D eigenvalue weighted by Crippen LogP contribution is 2.30. The first-order valence-electron chi connectivity index (χ1n) is 8.78. The molecule has 1 aliphatic heterocycles. The SMILES string of the molecule is CC(C)(C)OC(=O)N1CCN(c2nccc(-c3cc(I)ccc3O)n2)CC1. The van der Waals surface area contributed by atoms with Gasteiger partial charge in [-0.2, -0.15) is 0 Å². The van der Waals surface area contributed by atoms with E-state index in [1.54, 1.807) is 23.2 Å². The normalized spacial score (nSPS) is 15.0. The number of rotatable bonds is 2. The van der Waals surface area contributed by atoms with Crippen LogP contribution in [0, 0.1) is 3.57 Å². The Labute approximate surface area is 172 Å². The van der Waals surface area contributed by atoms with Crippen molar-refractivity contribution in [2.24, 2.45) is 0 Å². The molecule has 1 amide bonds. The molecular formula is C19H23IN4O3. The van der Waals surface area contributed by atoms with Crippen LogP contribution in [0.5, 0.6) is 5.75 Å². The number of carbonyl (C=O) groups is 1. The quantitative estimate of drug-likeness (QED) is 0.661. The number of anilines is 1. The molecule has 8 heteroatoms. The number of ether oxygens (including phenoxy) is 1. The summed E-state index contributed by atoms with van der Waals surface area (Å²) in [6, 6.07) is 7.18. The minimum atomic E-state index is -0.499. The van der Waals surface area contributed by atoms with Gasteiger partial charge in [-0.15, -0.1) is 0 Å². The van der Waals surface area contributed by atoms with Gasteiger partial charge in [0.05, 0.1) is 5.69 Å². The van der Waals surface area contributed by atoms with Gasteiger partial charge in [0, 0.05) is 41.5 Å². The van der Waals surface area contributed by atoms with Gasteiger partial charge in [-0.1, -0.05) is 0 Å². The van der Waals surface area contributed by atoms with Gasteiger partial charge in [0.2, 0.25) is 5.95 Å². The zero-order valence-corrected chi connectivity index (χ0v) is 17.8. The van der Waals surface area contributed by atoms with E-state index in [2.05, 4.69) is 32.6 Å².